The van der Waals surface area contributed by atoms with Crippen molar-refractivity contribution in [1.29, 1.82) is 0 Å². The molecular formula is C26H34N4O6S. The largest absolute Gasteiger partial charge is 0.444 e. The zero-order chi connectivity index (χ0) is 26.4. The Morgan fingerprint density at radius 2 is 1.76 bits per heavy atom. The summed E-state index contributed by atoms with van der Waals surface area (Å²) in [5.41, 5.74) is 1.35. The molecule has 1 aromatic heterocycles. The van der Waals surface area contributed by atoms with Gasteiger partial charge in [-0.2, -0.15) is 5.10 Å². The highest BCUT2D eigenvalue weighted by molar-refractivity contribution is 7.90. The van der Waals surface area contributed by atoms with E-state index in [1.54, 1.807) is 28.0 Å². The summed E-state index contributed by atoms with van der Waals surface area (Å²) in [7, 11) is -3.62. The number of fused-ring (bicyclic) bond motifs is 3. The Morgan fingerprint density at radius 1 is 1.03 bits per heavy atom. The molecule has 2 fully saturated rings. The summed E-state index contributed by atoms with van der Waals surface area (Å²) < 4.78 is 39.3. The lowest BCUT2D eigenvalue weighted by Gasteiger charge is -2.26. The molecule has 1 unspecified atom stereocenters. The number of ether oxygens (including phenoxy) is 2. The predicted molar refractivity (Wildman–Crippen MR) is 136 cm³/mol. The van der Waals surface area contributed by atoms with E-state index in [1.807, 2.05) is 31.5 Å². The highest BCUT2D eigenvalue weighted by atomic mass is 32.2. The number of amides is 2. The molecule has 37 heavy (non-hydrogen) atoms. The molecule has 0 aliphatic carbocycles. The topological polar surface area (TPSA) is 111 Å². The van der Waals surface area contributed by atoms with Crippen LogP contribution in [0.2, 0.25) is 0 Å². The molecule has 3 aliphatic rings. The number of likely N-dealkylation sites (tertiary alicyclic amines) is 1. The van der Waals surface area contributed by atoms with Gasteiger partial charge in [0, 0.05) is 37.3 Å². The van der Waals surface area contributed by atoms with Crippen molar-refractivity contribution in [3.8, 4) is 11.3 Å². The molecule has 0 saturated carbocycles. The molecular weight excluding hydrogens is 496 g/mol. The van der Waals surface area contributed by atoms with Crippen molar-refractivity contribution in [2.24, 2.45) is 0 Å². The van der Waals surface area contributed by atoms with Gasteiger partial charge in [0.05, 0.1) is 35.6 Å². The molecule has 200 valence electrons. The molecule has 0 N–H and O–H groups in total. The summed E-state index contributed by atoms with van der Waals surface area (Å²) >= 11 is 0. The van der Waals surface area contributed by atoms with Crippen LogP contribution in [0.5, 0.6) is 0 Å². The molecule has 2 amide bonds. The maximum atomic E-state index is 13.6. The lowest BCUT2D eigenvalue weighted by molar-refractivity contribution is 0.0255. The van der Waals surface area contributed by atoms with Crippen LogP contribution in [0, 0.1) is 0 Å². The molecule has 0 radical (unpaired) electrons. The third kappa shape index (κ3) is 5.11. The van der Waals surface area contributed by atoms with Crippen LogP contribution in [0.25, 0.3) is 11.3 Å². The second-order valence-electron chi connectivity index (χ2n) is 10.8. The van der Waals surface area contributed by atoms with Crippen LogP contribution in [0.1, 0.15) is 62.1 Å². The molecule has 10 nitrogen and oxygen atoms in total. The molecule has 0 spiro atoms. The van der Waals surface area contributed by atoms with Crippen molar-refractivity contribution in [3.63, 3.8) is 0 Å². The number of rotatable bonds is 2. The van der Waals surface area contributed by atoms with Gasteiger partial charge < -0.3 is 19.3 Å². The first-order valence-corrected chi connectivity index (χ1v) is 14.5. The van der Waals surface area contributed by atoms with E-state index in [-0.39, 0.29) is 34.4 Å². The van der Waals surface area contributed by atoms with Crippen LogP contribution in [0.4, 0.5) is 4.79 Å². The first-order valence-electron chi connectivity index (χ1n) is 12.8. The van der Waals surface area contributed by atoms with Crippen LogP contribution in [0.3, 0.4) is 0 Å². The number of sulfone groups is 1. The molecule has 4 heterocycles. The van der Waals surface area contributed by atoms with Crippen LogP contribution in [-0.2, 0) is 25.1 Å². The van der Waals surface area contributed by atoms with Crippen molar-refractivity contribution < 1.29 is 27.5 Å². The van der Waals surface area contributed by atoms with Gasteiger partial charge in [-0.1, -0.05) is 18.2 Å². The standard InChI is InChI=1S/C26H34N4O6S/c1-26(2,3)36-25(32)29-11-6-7-18(10-12-29)30-23-19-8-4-5-9-21(19)37(33,34)17-20(23)22(27-30)24(31)28-13-15-35-16-14-28/h4-5,8-9,18H,6-7,10-17H2,1-3H3. The van der Waals surface area contributed by atoms with Gasteiger partial charge in [0.1, 0.15) is 5.60 Å². The number of carbonyl (C=O) groups excluding carboxylic acids is 2. The van der Waals surface area contributed by atoms with Crippen LogP contribution in [0.15, 0.2) is 29.2 Å². The molecule has 1 atom stereocenters. The van der Waals surface area contributed by atoms with E-state index in [2.05, 4.69) is 0 Å². The minimum atomic E-state index is -3.62. The van der Waals surface area contributed by atoms with Gasteiger partial charge in [-0.3, -0.25) is 9.48 Å². The zero-order valence-electron chi connectivity index (χ0n) is 21.6. The maximum Gasteiger partial charge on any atom is 0.410 e. The van der Waals surface area contributed by atoms with Gasteiger partial charge in [0.2, 0.25) is 0 Å². The fourth-order valence-electron chi connectivity index (χ4n) is 5.28. The average Bonchev–Trinajstić information content (AvgIpc) is 3.04. The minimum Gasteiger partial charge on any atom is -0.444 e. The van der Waals surface area contributed by atoms with Crippen LogP contribution >= 0.6 is 0 Å². The van der Waals surface area contributed by atoms with Crippen LogP contribution < -0.4 is 0 Å². The highest BCUT2D eigenvalue weighted by Crippen LogP contribution is 2.42. The van der Waals surface area contributed by atoms with Crippen molar-refractivity contribution >= 4 is 21.8 Å². The highest BCUT2D eigenvalue weighted by Gasteiger charge is 2.38. The Kier molecular flexibility index (Phi) is 6.78. The summed E-state index contributed by atoms with van der Waals surface area (Å²) in [6, 6.07) is 6.83. The summed E-state index contributed by atoms with van der Waals surface area (Å²) in [4.78, 5) is 29.9. The fraction of sp³-hybridized carbons (Fsp3) is 0.577. The third-order valence-electron chi connectivity index (χ3n) is 7.02. The van der Waals surface area contributed by atoms with Crippen molar-refractivity contribution in [2.75, 3.05) is 39.4 Å². The van der Waals surface area contributed by atoms with E-state index in [0.29, 0.717) is 62.6 Å². The number of nitrogens with zero attached hydrogens (tertiary/aromatic N) is 4. The quantitative estimate of drug-likeness (QED) is 0.586. The average molecular weight is 531 g/mol. The third-order valence-corrected chi connectivity index (χ3v) is 8.71. The molecule has 0 bridgehead atoms. The van der Waals surface area contributed by atoms with E-state index in [4.69, 9.17) is 14.6 Å². The fourth-order valence-corrected chi connectivity index (χ4v) is 6.87. The molecule has 1 aromatic carbocycles. The van der Waals surface area contributed by atoms with E-state index in [0.717, 1.165) is 12.8 Å². The summed E-state index contributed by atoms with van der Waals surface area (Å²) in [5, 5.41) is 4.81. The lowest BCUT2D eigenvalue weighted by atomic mass is 10.0. The van der Waals surface area contributed by atoms with E-state index in [9.17, 15) is 18.0 Å². The van der Waals surface area contributed by atoms with Crippen molar-refractivity contribution in [3.05, 3.63) is 35.5 Å². The van der Waals surface area contributed by atoms with E-state index in [1.165, 1.54) is 0 Å². The normalized spacial score (nSPS) is 21.5. The molecule has 5 rings (SSSR count). The second-order valence-corrected chi connectivity index (χ2v) is 12.8. The molecule has 11 heteroatoms. The van der Waals surface area contributed by atoms with Crippen LogP contribution in [-0.4, -0.2) is 85.0 Å². The Balaban J connectivity index is 1.53. The SMILES string of the molecule is CC(C)(C)OC(=O)N1CCCC(n2nc(C(=O)N3CCOCC3)c3c2-c2ccccc2S(=O)(=O)C3)CC1. The number of hydrogen-bond acceptors (Lipinski definition) is 7. The molecule has 3 aliphatic heterocycles. The number of morpholine rings is 1. The van der Waals surface area contributed by atoms with Gasteiger partial charge in [-0.25, -0.2) is 13.2 Å². The van der Waals surface area contributed by atoms with E-state index >= 15 is 0 Å². The lowest BCUT2D eigenvalue weighted by Crippen LogP contribution is -2.41. The van der Waals surface area contributed by atoms with Gasteiger partial charge in [-0.05, 0) is 46.1 Å². The number of benzene rings is 1. The van der Waals surface area contributed by atoms with Gasteiger partial charge >= 0.3 is 6.09 Å². The number of aromatic nitrogens is 2. The van der Waals surface area contributed by atoms with Crippen molar-refractivity contribution in [1.82, 2.24) is 19.6 Å². The number of carbonyl (C=O) groups is 2. The number of hydrogen-bond donors (Lipinski definition) is 0. The predicted octanol–water partition coefficient (Wildman–Crippen LogP) is 3.27. The summed E-state index contributed by atoms with van der Waals surface area (Å²) in [5.74, 6) is -0.529. The second kappa shape index (κ2) is 9.75. The Morgan fingerprint density at radius 3 is 2.49 bits per heavy atom. The molecule has 2 aromatic rings. The smallest absolute Gasteiger partial charge is 0.410 e. The van der Waals surface area contributed by atoms with Gasteiger partial charge in [-0.15, -0.1) is 0 Å². The summed E-state index contributed by atoms with van der Waals surface area (Å²) in [6.45, 7) is 8.37. The Hall–Kier alpha value is -2.92. The van der Waals surface area contributed by atoms with E-state index < -0.39 is 15.4 Å². The summed E-state index contributed by atoms with van der Waals surface area (Å²) in [6.07, 6.45) is 1.77. The molecule has 2 saturated heterocycles. The van der Waals surface area contributed by atoms with Gasteiger partial charge in [0.25, 0.3) is 5.91 Å². The monoisotopic (exact) mass is 530 g/mol. The Bertz CT molecular complexity index is 1310. The van der Waals surface area contributed by atoms with Gasteiger partial charge in [0.15, 0.2) is 15.5 Å². The first kappa shape index (κ1) is 25.7. The van der Waals surface area contributed by atoms with Crippen molar-refractivity contribution in [2.45, 2.75) is 62.3 Å². The minimum absolute atomic E-state index is 0.0960. The maximum absolute atomic E-state index is 13.6. The zero-order valence-corrected chi connectivity index (χ0v) is 22.4. The first-order chi connectivity index (χ1) is 17.5. The Labute approximate surface area is 217 Å².